The average molecular weight is 432 g/mol. The molecule has 0 saturated heterocycles. The van der Waals surface area contributed by atoms with Crippen LogP contribution in [0.3, 0.4) is 0 Å². The molecule has 1 heterocycles. The molecule has 1 aromatic heterocycles. The minimum absolute atomic E-state index is 0.0226. The molecule has 6 nitrogen and oxygen atoms in total. The zero-order valence-electron chi connectivity index (χ0n) is 19.4. The highest BCUT2D eigenvalue weighted by Crippen LogP contribution is 2.21. The lowest BCUT2D eigenvalue weighted by Gasteiger charge is -2.30. The van der Waals surface area contributed by atoms with Gasteiger partial charge in [0.25, 0.3) is 0 Å². The normalized spacial score (nSPS) is 14.4. The Balaban J connectivity index is 2.01. The van der Waals surface area contributed by atoms with E-state index in [9.17, 15) is 0 Å². The molecule has 30 heavy (non-hydrogen) atoms. The second-order valence-electron chi connectivity index (χ2n) is 8.24. The predicted molar refractivity (Wildman–Crippen MR) is 127 cm³/mol. The molecule has 0 aliphatic rings. The van der Waals surface area contributed by atoms with Crippen LogP contribution in [0.25, 0.3) is 0 Å². The molecule has 2 N–H and O–H groups in total. The Morgan fingerprint density at radius 3 is 2.60 bits per heavy atom. The standard InChI is InChI=1S/C23H37N5OS/c1-8-24-22(28(6)14-20-15-30-21(26-20)18(3)29-7)25-16-23(4,5)27-17(2)19-12-10-9-11-13-19/h9-13,15,17-18,27H,8,14,16H2,1-7H3,(H,24,25). The molecule has 0 amide bonds. The summed E-state index contributed by atoms with van der Waals surface area (Å²) >= 11 is 1.64. The monoisotopic (exact) mass is 431 g/mol. The highest BCUT2D eigenvalue weighted by Gasteiger charge is 2.21. The van der Waals surface area contributed by atoms with Gasteiger partial charge in [-0.15, -0.1) is 11.3 Å². The van der Waals surface area contributed by atoms with Crippen molar-refractivity contribution in [3.63, 3.8) is 0 Å². The molecule has 0 aliphatic heterocycles. The van der Waals surface area contributed by atoms with Crippen LogP contribution in [0.2, 0.25) is 0 Å². The van der Waals surface area contributed by atoms with Crippen molar-refractivity contribution >= 4 is 17.3 Å². The van der Waals surface area contributed by atoms with Crippen molar-refractivity contribution in [2.45, 2.75) is 58.8 Å². The number of hydrogen-bond donors (Lipinski definition) is 2. The number of nitrogens with one attached hydrogen (secondary N) is 2. The van der Waals surface area contributed by atoms with Crippen LogP contribution in [-0.4, -0.2) is 48.6 Å². The summed E-state index contributed by atoms with van der Waals surface area (Å²) in [7, 11) is 3.76. The van der Waals surface area contributed by atoms with E-state index in [1.807, 2.05) is 20.0 Å². The van der Waals surface area contributed by atoms with Crippen LogP contribution in [0, 0.1) is 0 Å². The Morgan fingerprint density at radius 1 is 1.27 bits per heavy atom. The Bertz CT molecular complexity index is 790. The summed E-state index contributed by atoms with van der Waals surface area (Å²) in [6.07, 6.45) is 0.0226. The van der Waals surface area contributed by atoms with Crippen LogP contribution in [-0.2, 0) is 11.3 Å². The molecule has 2 atom stereocenters. The van der Waals surface area contributed by atoms with Crippen molar-refractivity contribution in [3.8, 4) is 0 Å². The number of benzene rings is 1. The van der Waals surface area contributed by atoms with Crippen LogP contribution in [0.15, 0.2) is 40.7 Å². The molecule has 2 rings (SSSR count). The fourth-order valence-electron chi connectivity index (χ4n) is 3.20. The highest BCUT2D eigenvalue weighted by atomic mass is 32.1. The first-order valence-corrected chi connectivity index (χ1v) is 11.4. The summed E-state index contributed by atoms with van der Waals surface area (Å²) in [5.41, 5.74) is 2.17. The lowest BCUT2D eigenvalue weighted by atomic mass is 10.0. The summed E-state index contributed by atoms with van der Waals surface area (Å²) in [6, 6.07) is 10.8. The first kappa shape index (κ1) is 24.3. The molecule has 0 spiro atoms. The molecule has 0 saturated carbocycles. The molecular weight excluding hydrogens is 394 g/mol. The number of rotatable bonds is 10. The molecule has 2 unspecified atom stereocenters. The van der Waals surface area contributed by atoms with Gasteiger partial charge in [0.15, 0.2) is 5.96 Å². The van der Waals surface area contributed by atoms with E-state index in [4.69, 9.17) is 14.7 Å². The van der Waals surface area contributed by atoms with Gasteiger partial charge in [0, 0.05) is 37.7 Å². The first-order chi connectivity index (χ1) is 14.3. The number of ether oxygens (including phenoxy) is 1. The zero-order valence-corrected chi connectivity index (χ0v) is 20.2. The van der Waals surface area contributed by atoms with E-state index >= 15 is 0 Å². The minimum atomic E-state index is -0.140. The van der Waals surface area contributed by atoms with Crippen LogP contribution in [0.5, 0.6) is 0 Å². The van der Waals surface area contributed by atoms with Crippen LogP contribution >= 0.6 is 11.3 Å². The Kier molecular flexibility index (Phi) is 9.27. The summed E-state index contributed by atoms with van der Waals surface area (Å²) in [5.74, 6) is 0.883. The highest BCUT2D eigenvalue weighted by molar-refractivity contribution is 7.09. The van der Waals surface area contributed by atoms with Crippen molar-refractivity contribution in [2.24, 2.45) is 4.99 Å². The quantitative estimate of drug-likeness (QED) is 0.432. The van der Waals surface area contributed by atoms with Crippen molar-refractivity contribution in [3.05, 3.63) is 52.0 Å². The van der Waals surface area contributed by atoms with E-state index in [1.54, 1.807) is 18.4 Å². The third-order valence-electron chi connectivity index (χ3n) is 4.90. The molecule has 7 heteroatoms. The largest absolute Gasteiger partial charge is 0.375 e. The zero-order chi connectivity index (χ0) is 22.1. The maximum absolute atomic E-state index is 5.37. The number of aromatic nitrogens is 1. The first-order valence-electron chi connectivity index (χ1n) is 10.5. The maximum atomic E-state index is 5.37. The van der Waals surface area contributed by atoms with E-state index in [1.165, 1.54) is 5.56 Å². The second-order valence-corrected chi connectivity index (χ2v) is 9.13. The summed E-state index contributed by atoms with van der Waals surface area (Å²) < 4.78 is 5.37. The Labute approximate surface area is 185 Å². The molecule has 0 fully saturated rings. The summed E-state index contributed by atoms with van der Waals surface area (Å²) in [6.45, 7) is 12.9. The van der Waals surface area contributed by atoms with E-state index < -0.39 is 0 Å². The summed E-state index contributed by atoms with van der Waals surface area (Å²) in [5, 5.41) is 10.2. The number of nitrogens with zero attached hydrogens (tertiary/aromatic N) is 3. The average Bonchev–Trinajstić information content (AvgIpc) is 3.19. The molecule has 0 bridgehead atoms. The lowest BCUT2D eigenvalue weighted by molar-refractivity contribution is 0.119. The van der Waals surface area contributed by atoms with Crippen molar-refractivity contribution in [1.82, 2.24) is 20.5 Å². The second kappa shape index (κ2) is 11.4. The number of hydrogen-bond acceptors (Lipinski definition) is 5. The van der Waals surface area contributed by atoms with Gasteiger partial charge < -0.3 is 20.3 Å². The van der Waals surface area contributed by atoms with E-state index in [2.05, 4.69) is 72.9 Å². The van der Waals surface area contributed by atoms with Gasteiger partial charge in [-0.2, -0.15) is 0 Å². The van der Waals surface area contributed by atoms with Gasteiger partial charge in [-0.1, -0.05) is 30.3 Å². The topological polar surface area (TPSA) is 61.8 Å². The van der Waals surface area contributed by atoms with E-state index in [-0.39, 0.29) is 17.7 Å². The SMILES string of the molecule is CCNC(=NCC(C)(C)NC(C)c1ccccc1)N(C)Cc1csc(C(C)OC)n1. The van der Waals surface area contributed by atoms with Gasteiger partial charge in [0.1, 0.15) is 11.1 Å². The van der Waals surface area contributed by atoms with Gasteiger partial charge in [0.05, 0.1) is 18.8 Å². The van der Waals surface area contributed by atoms with Crippen molar-refractivity contribution < 1.29 is 4.74 Å². The fraction of sp³-hybridized carbons (Fsp3) is 0.565. The maximum Gasteiger partial charge on any atom is 0.194 e. The van der Waals surface area contributed by atoms with Crippen LogP contribution in [0.4, 0.5) is 0 Å². The molecule has 166 valence electrons. The molecule has 2 aromatic rings. The van der Waals surface area contributed by atoms with Crippen LogP contribution < -0.4 is 10.6 Å². The van der Waals surface area contributed by atoms with E-state index in [0.717, 1.165) is 23.2 Å². The molecule has 1 aromatic carbocycles. The van der Waals surface area contributed by atoms with Gasteiger partial charge >= 0.3 is 0 Å². The minimum Gasteiger partial charge on any atom is -0.375 e. The third kappa shape index (κ3) is 7.38. The molecule has 0 aliphatic carbocycles. The van der Waals surface area contributed by atoms with Crippen molar-refractivity contribution in [2.75, 3.05) is 27.2 Å². The number of thiazole rings is 1. The van der Waals surface area contributed by atoms with Gasteiger partial charge in [0.2, 0.25) is 0 Å². The number of methoxy groups -OCH3 is 1. The Morgan fingerprint density at radius 2 is 1.97 bits per heavy atom. The fourth-order valence-corrected chi connectivity index (χ4v) is 4.04. The van der Waals surface area contributed by atoms with Gasteiger partial charge in [-0.3, -0.25) is 4.99 Å². The van der Waals surface area contributed by atoms with Gasteiger partial charge in [-0.25, -0.2) is 4.98 Å². The van der Waals surface area contributed by atoms with E-state index in [0.29, 0.717) is 13.1 Å². The molecular formula is C23H37N5OS. The van der Waals surface area contributed by atoms with Crippen molar-refractivity contribution in [1.29, 1.82) is 0 Å². The van der Waals surface area contributed by atoms with Crippen LogP contribution in [0.1, 0.15) is 63.0 Å². The predicted octanol–water partition coefficient (Wildman–Crippen LogP) is 4.38. The summed E-state index contributed by atoms with van der Waals surface area (Å²) in [4.78, 5) is 11.7. The smallest absolute Gasteiger partial charge is 0.194 e. The lowest BCUT2D eigenvalue weighted by Crippen LogP contribution is -2.45. The third-order valence-corrected chi connectivity index (χ3v) is 5.95. The number of aliphatic imine (C=N–C) groups is 1. The van der Waals surface area contributed by atoms with Gasteiger partial charge in [-0.05, 0) is 40.2 Å². The molecule has 0 radical (unpaired) electrons. The Hall–Kier alpha value is -1.96. The number of guanidine groups is 1.